The van der Waals surface area contributed by atoms with Crippen LogP contribution in [0.4, 0.5) is 10.1 Å². The number of nitrogens with zero attached hydrogens (tertiary/aromatic N) is 1. The zero-order valence-electron chi connectivity index (χ0n) is 11.2. The third-order valence-corrected chi connectivity index (χ3v) is 3.74. The molecule has 1 fully saturated rings. The summed E-state index contributed by atoms with van der Waals surface area (Å²) in [5.41, 5.74) is 0.877. The van der Waals surface area contributed by atoms with Crippen LogP contribution in [0.25, 0.3) is 0 Å². The quantitative estimate of drug-likeness (QED) is 0.851. The first kappa shape index (κ1) is 14.0. The van der Waals surface area contributed by atoms with Gasteiger partial charge in [-0.2, -0.15) is 0 Å². The molecule has 0 aliphatic carbocycles. The SMILES string of the molecule is CC(=O)c1cccc(F)c1N1CCCC(CCO)C1. The van der Waals surface area contributed by atoms with Gasteiger partial charge < -0.3 is 10.0 Å². The molecule has 0 spiro atoms. The Kier molecular flexibility index (Phi) is 4.53. The molecule has 1 heterocycles. The molecule has 1 aliphatic rings. The zero-order valence-corrected chi connectivity index (χ0v) is 11.2. The fourth-order valence-electron chi connectivity index (χ4n) is 2.81. The molecule has 0 saturated carbocycles. The lowest BCUT2D eigenvalue weighted by molar-refractivity contribution is 0.101. The molecule has 1 aromatic rings. The van der Waals surface area contributed by atoms with Crippen LogP contribution in [-0.2, 0) is 0 Å². The van der Waals surface area contributed by atoms with E-state index in [1.54, 1.807) is 12.1 Å². The minimum absolute atomic E-state index is 0.112. The molecule has 1 aromatic carbocycles. The van der Waals surface area contributed by atoms with Crippen molar-refractivity contribution >= 4 is 11.5 Å². The van der Waals surface area contributed by atoms with Gasteiger partial charge in [0.25, 0.3) is 0 Å². The molecule has 4 heteroatoms. The standard InChI is InChI=1S/C15H20FNO2/c1-11(19)13-5-2-6-14(16)15(13)17-8-3-4-12(10-17)7-9-18/h2,5-6,12,18H,3-4,7-10H2,1H3. The van der Waals surface area contributed by atoms with E-state index in [1.807, 2.05) is 4.90 Å². The van der Waals surface area contributed by atoms with Gasteiger partial charge in [0.15, 0.2) is 5.78 Å². The van der Waals surface area contributed by atoms with Gasteiger partial charge in [0.05, 0.1) is 5.69 Å². The molecule has 0 radical (unpaired) electrons. The Morgan fingerprint density at radius 1 is 1.53 bits per heavy atom. The van der Waals surface area contributed by atoms with Crippen molar-refractivity contribution in [1.29, 1.82) is 0 Å². The third-order valence-electron chi connectivity index (χ3n) is 3.74. The van der Waals surface area contributed by atoms with Crippen molar-refractivity contribution in [2.45, 2.75) is 26.2 Å². The van der Waals surface area contributed by atoms with Crippen molar-refractivity contribution < 1.29 is 14.3 Å². The smallest absolute Gasteiger partial charge is 0.161 e. The van der Waals surface area contributed by atoms with Gasteiger partial charge in [-0.1, -0.05) is 6.07 Å². The van der Waals surface area contributed by atoms with Crippen molar-refractivity contribution in [3.63, 3.8) is 0 Å². The number of aliphatic hydroxyl groups excluding tert-OH is 1. The number of hydrogen-bond donors (Lipinski definition) is 1. The number of carbonyl (C=O) groups excluding carboxylic acids is 1. The first-order valence-electron chi connectivity index (χ1n) is 6.78. The van der Waals surface area contributed by atoms with Gasteiger partial charge in [0.1, 0.15) is 5.82 Å². The highest BCUT2D eigenvalue weighted by atomic mass is 19.1. The molecular formula is C15H20FNO2. The summed E-state index contributed by atoms with van der Waals surface area (Å²) in [7, 11) is 0. The molecule has 0 aromatic heterocycles. The second kappa shape index (κ2) is 6.15. The zero-order chi connectivity index (χ0) is 13.8. The Bertz CT molecular complexity index is 459. The lowest BCUT2D eigenvalue weighted by Gasteiger charge is -2.35. The second-order valence-corrected chi connectivity index (χ2v) is 5.16. The molecule has 1 saturated heterocycles. The lowest BCUT2D eigenvalue weighted by Crippen LogP contribution is -2.37. The lowest BCUT2D eigenvalue weighted by atomic mass is 9.94. The van der Waals surface area contributed by atoms with E-state index in [4.69, 9.17) is 5.11 Å². The number of Topliss-reactive ketones (excluding diaryl/α,β-unsaturated/α-hetero) is 1. The molecule has 104 valence electrons. The topological polar surface area (TPSA) is 40.5 Å². The van der Waals surface area contributed by atoms with Gasteiger partial charge in [-0.05, 0) is 44.2 Å². The van der Waals surface area contributed by atoms with Crippen LogP contribution in [0.15, 0.2) is 18.2 Å². The van der Waals surface area contributed by atoms with Crippen molar-refractivity contribution in [2.24, 2.45) is 5.92 Å². The number of piperidine rings is 1. The fourth-order valence-corrected chi connectivity index (χ4v) is 2.81. The summed E-state index contributed by atoms with van der Waals surface area (Å²) in [6, 6.07) is 4.65. The predicted octanol–water partition coefficient (Wildman–Crippen LogP) is 2.63. The van der Waals surface area contributed by atoms with Crippen molar-refractivity contribution in [3.05, 3.63) is 29.6 Å². The maximum Gasteiger partial charge on any atom is 0.161 e. The van der Waals surface area contributed by atoms with Crippen LogP contribution in [0.2, 0.25) is 0 Å². The number of anilines is 1. The monoisotopic (exact) mass is 265 g/mol. The number of aliphatic hydroxyl groups is 1. The van der Waals surface area contributed by atoms with E-state index >= 15 is 0 Å². The Morgan fingerprint density at radius 3 is 3.00 bits per heavy atom. The van der Waals surface area contributed by atoms with Crippen LogP contribution in [0.1, 0.15) is 36.5 Å². The van der Waals surface area contributed by atoms with E-state index in [0.717, 1.165) is 25.8 Å². The minimum atomic E-state index is -0.336. The molecule has 19 heavy (non-hydrogen) atoms. The van der Waals surface area contributed by atoms with E-state index in [-0.39, 0.29) is 18.2 Å². The molecule has 3 nitrogen and oxygen atoms in total. The first-order chi connectivity index (χ1) is 9.13. The number of hydrogen-bond acceptors (Lipinski definition) is 3. The Labute approximate surface area is 113 Å². The van der Waals surface area contributed by atoms with Crippen molar-refractivity contribution in [1.82, 2.24) is 0 Å². The number of benzene rings is 1. The largest absolute Gasteiger partial charge is 0.396 e. The van der Waals surface area contributed by atoms with E-state index in [1.165, 1.54) is 13.0 Å². The van der Waals surface area contributed by atoms with Gasteiger partial charge in [-0.25, -0.2) is 4.39 Å². The maximum absolute atomic E-state index is 14.1. The Balaban J connectivity index is 2.28. The van der Waals surface area contributed by atoms with Crippen LogP contribution in [0.3, 0.4) is 0 Å². The average Bonchev–Trinajstić information content (AvgIpc) is 2.39. The van der Waals surface area contributed by atoms with Gasteiger partial charge in [-0.15, -0.1) is 0 Å². The molecule has 1 unspecified atom stereocenters. The van der Waals surface area contributed by atoms with Crippen molar-refractivity contribution in [2.75, 3.05) is 24.6 Å². The molecule has 2 rings (SSSR count). The number of para-hydroxylation sites is 1. The highest BCUT2D eigenvalue weighted by Gasteiger charge is 2.24. The van der Waals surface area contributed by atoms with Crippen molar-refractivity contribution in [3.8, 4) is 0 Å². The molecule has 0 amide bonds. The van der Waals surface area contributed by atoms with E-state index in [9.17, 15) is 9.18 Å². The van der Waals surface area contributed by atoms with Crippen LogP contribution in [0, 0.1) is 11.7 Å². The maximum atomic E-state index is 14.1. The summed E-state index contributed by atoms with van der Waals surface area (Å²) in [6.45, 7) is 3.10. The predicted molar refractivity (Wildman–Crippen MR) is 73.0 cm³/mol. The number of halogens is 1. The number of rotatable bonds is 4. The Hall–Kier alpha value is -1.42. The summed E-state index contributed by atoms with van der Waals surface area (Å²) in [5.74, 6) is -0.0747. The summed E-state index contributed by atoms with van der Waals surface area (Å²) in [6.07, 6.45) is 2.76. The summed E-state index contributed by atoms with van der Waals surface area (Å²) >= 11 is 0. The third kappa shape index (κ3) is 3.13. The number of ketones is 1. The molecule has 1 atom stereocenters. The molecule has 1 N–H and O–H groups in total. The molecular weight excluding hydrogens is 245 g/mol. The highest BCUT2D eigenvalue weighted by Crippen LogP contribution is 2.30. The Morgan fingerprint density at radius 2 is 2.32 bits per heavy atom. The van der Waals surface area contributed by atoms with Gasteiger partial charge in [0.2, 0.25) is 0 Å². The molecule has 1 aliphatic heterocycles. The summed E-state index contributed by atoms with van der Waals surface area (Å²) in [4.78, 5) is 13.6. The highest BCUT2D eigenvalue weighted by molar-refractivity contribution is 5.99. The van der Waals surface area contributed by atoms with E-state index < -0.39 is 0 Å². The van der Waals surface area contributed by atoms with Crippen LogP contribution < -0.4 is 4.90 Å². The van der Waals surface area contributed by atoms with Gasteiger partial charge in [0, 0.05) is 25.3 Å². The normalized spacial score (nSPS) is 19.5. The van der Waals surface area contributed by atoms with E-state index in [2.05, 4.69) is 0 Å². The first-order valence-corrected chi connectivity index (χ1v) is 6.78. The second-order valence-electron chi connectivity index (χ2n) is 5.16. The summed E-state index contributed by atoms with van der Waals surface area (Å²) < 4.78 is 14.1. The van der Waals surface area contributed by atoms with Gasteiger partial charge in [-0.3, -0.25) is 4.79 Å². The van der Waals surface area contributed by atoms with E-state index in [0.29, 0.717) is 23.7 Å². The summed E-state index contributed by atoms with van der Waals surface area (Å²) in [5, 5.41) is 9.03. The number of carbonyl (C=O) groups is 1. The van der Waals surface area contributed by atoms with Gasteiger partial charge >= 0.3 is 0 Å². The molecule has 0 bridgehead atoms. The fraction of sp³-hybridized carbons (Fsp3) is 0.533. The minimum Gasteiger partial charge on any atom is -0.396 e. The van der Waals surface area contributed by atoms with Crippen LogP contribution in [0.5, 0.6) is 0 Å². The van der Waals surface area contributed by atoms with Crippen LogP contribution >= 0.6 is 0 Å². The average molecular weight is 265 g/mol. The van der Waals surface area contributed by atoms with Crippen LogP contribution in [-0.4, -0.2) is 30.6 Å².